The Morgan fingerprint density at radius 3 is 2.44 bits per heavy atom. The Kier molecular flexibility index (Phi) is 8.35. The molecule has 102 valence electrons. The number of rotatable bonds is 8. The van der Waals surface area contributed by atoms with Crippen LogP contribution in [-0.4, -0.2) is 23.6 Å². The maximum Gasteiger partial charge on any atom is 0.0198 e. The first-order valence-corrected chi connectivity index (χ1v) is 8.87. The fourth-order valence-corrected chi connectivity index (χ4v) is 3.17. The number of likely N-dealkylation sites (N-methyl/N-ethyl adjacent to an activating group) is 1. The highest BCUT2D eigenvalue weighted by molar-refractivity contribution is 14.1. The van der Waals surface area contributed by atoms with E-state index in [1.54, 1.807) is 0 Å². The molecule has 0 amide bonds. The second-order valence-corrected chi connectivity index (χ2v) is 7.35. The van der Waals surface area contributed by atoms with Crippen LogP contribution in [0.25, 0.3) is 0 Å². The fourth-order valence-electron chi connectivity index (χ4n) is 1.78. The topological polar surface area (TPSA) is 12.0 Å². The molecular weight excluding hydrogens is 353 g/mol. The van der Waals surface area contributed by atoms with Crippen LogP contribution < -0.4 is 5.32 Å². The maximum absolute atomic E-state index is 3.60. The summed E-state index contributed by atoms with van der Waals surface area (Å²) in [6.07, 6.45) is 2.39. The van der Waals surface area contributed by atoms with Crippen molar-refractivity contribution >= 4 is 34.4 Å². The van der Waals surface area contributed by atoms with E-state index in [1.807, 2.05) is 0 Å². The van der Waals surface area contributed by atoms with Crippen LogP contribution in [0.3, 0.4) is 0 Å². The third kappa shape index (κ3) is 6.43. The molecule has 0 bridgehead atoms. The fraction of sp³-hybridized carbons (Fsp3) is 0.600. The van der Waals surface area contributed by atoms with Crippen molar-refractivity contribution in [2.75, 3.05) is 12.3 Å². The Morgan fingerprint density at radius 2 is 1.89 bits per heavy atom. The number of thioether (sulfide) groups is 1. The molecule has 1 aromatic rings. The number of hydrogen-bond donors (Lipinski definition) is 1. The van der Waals surface area contributed by atoms with Crippen molar-refractivity contribution < 1.29 is 0 Å². The Balaban J connectivity index is 2.48. The van der Waals surface area contributed by atoms with Crippen LogP contribution in [0.5, 0.6) is 0 Å². The van der Waals surface area contributed by atoms with Crippen molar-refractivity contribution in [3.05, 3.63) is 33.4 Å². The van der Waals surface area contributed by atoms with Crippen molar-refractivity contribution in [2.45, 2.75) is 44.9 Å². The first-order valence-electron chi connectivity index (χ1n) is 6.75. The lowest BCUT2D eigenvalue weighted by atomic mass is 10.1. The van der Waals surface area contributed by atoms with Gasteiger partial charge in [0, 0.05) is 20.6 Å². The largest absolute Gasteiger partial charge is 0.313 e. The van der Waals surface area contributed by atoms with Gasteiger partial charge in [-0.3, -0.25) is 0 Å². The molecule has 1 N–H and O–H groups in total. The Bertz CT molecular complexity index is 326. The minimum Gasteiger partial charge on any atom is -0.313 e. The lowest BCUT2D eigenvalue weighted by molar-refractivity contribution is 0.572. The van der Waals surface area contributed by atoms with Crippen LogP contribution in [0.15, 0.2) is 24.3 Å². The summed E-state index contributed by atoms with van der Waals surface area (Å²) < 4.78 is 1.31. The van der Waals surface area contributed by atoms with Gasteiger partial charge in [-0.05, 0) is 59.7 Å². The monoisotopic (exact) mass is 377 g/mol. The zero-order valence-corrected chi connectivity index (χ0v) is 14.6. The number of nitrogens with one attached hydrogen (secondary N) is 1. The van der Waals surface area contributed by atoms with Gasteiger partial charge < -0.3 is 5.32 Å². The van der Waals surface area contributed by atoms with Crippen molar-refractivity contribution in [1.82, 2.24) is 5.32 Å². The molecule has 0 aromatic heterocycles. The van der Waals surface area contributed by atoms with Crippen LogP contribution in [0.1, 0.15) is 32.8 Å². The molecule has 3 heteroatoms. The molecule has 2 unspecified atom stereocenters. The second kappa shape index (κ2) is 9.21. The van der Waals surface area contributed by atoms with Gasteiger partial charge in [-0.2, -0.15) is 11.8 Å². The van der Waals surface area contributed by atoms with E-state index in [0.29, 0.717) is 6.04 Å². The van der Waals surface area contributed by atoms with Crippen LogP contribution in [0.2, 0.25) is 0 Å². The van der Waals surface area contributed by atoms with E-state index in [9.17, 15) is 0 Å². The quantitative estimate of drug-likeness (QED) is 0.677. The zero-order valence-electron chi connectivity index (χ0n) is 11.6. The molecule has 2 atom stereocenters. The maximum atomic E-state index is 3.60. The number of halogens is 1. The Labute approximate surface area is 130 Å². The molecule has 0 radical (unpaired) electrons. The van der Waals surface area contributed by atoms with Crippen molar-refractivity contribution in [1.29, 1.82) is 0 Å². The first-order chi connectivity index (χ1) is 8.65. The van der Waals surface area contributed by atoms with Crippen LogP contribution in [0, 0.1) is 3.57 Å². The standard InChI is InChI=1S/C15H24INS/c1-4-12(3)18-11-15(17-5-2)10-13-6-8-14(16)9-7-13/h6-9,12,15,17H,4-5,10-11H2,1-3H3. The van der Waals surface area contributed by atoms with E-state index in [0.717, 1.165) is 18.2 Å². The molecule has 0 aliphatic heterocycles. The van der Waals surface area contributed by atoms with Gasteiger partial charge in [0.25, 0.3) is 0 Å². The van der Waals surface area contributed by atoms with E-state index in [-0.39, 0.29) is 0 Å². The van der Waals surface area contributed by atoms with E-state index >= 15 is 0 Å². The highest BCUT2D eigenvalue weighted by Crippen LogP contribution is 2.17. The van der Waals surface area contributed by atoms with Crippen molar-refractivity contribution in [3.8, 4) is 0 Å². The van der Waals surface area contributed by atoms with E-state index in [4.69, 9.17) is 0 Å². The van der Waals surface area contributed by atoms with Gasteiger partial charge in [0.1, 0.15) is 0 Å². The average Bonchev–Trinajstić information content (AvgIpc) is 2.38. The third-order valence-corrected chi connectivity index (χ3v) is 5.26. The molecule has 0 heterocycles. The molecule has 0 saturated carbocycles. The molecule has 1 aromatic carbocycles. The van der Waals surface area contributed by atoms with Gasteiger partial charge in [0.2, 0.25) is 0 Å². The van der Waals surface area contributed by atoms with Crippen LogP contribution in [-0.2, 0) is 6.42 Å². The molecule has 0 aliphatic carbocycles. The smallest absolute Gasteiger partial charge is 0.0198 e. The molecule has 1 rings (SSSR count). The lowest BCUT2D eigenvalue weighted by Crippen LogP contribution is -2.33. The van der Waals surface area contributed by atoms with E-state index in [1.165, 1.54) is 21.3 Å². The van der Waals surface area contributed by atoms with Crippen LogP contribution in [0.4, 0.5) is 0 Å². The van der Waals surface area contributed by atoms with E-state index < -0.39 is 0 Å². The summed E-state index contributed by atoms with van der Waals surface area (Å²) in [4.78, 5) is 0. The zero-order chi connectivity index (χ0) is 13.4. The average molecular weight is 377 g/mol. The van der Waals surface area contributed by atoms with Gasteiger partial charge >= 0.3 is 0 Å². The summed E-state index contributed by atoms with van der Waals surface area (Å²) >= 11 is 4.44. The number of hydrogen-bond acceptors (Lipinski definition) is 2. The van der Waals surface area contributed by atoms with Crippen molar-refractivity contribution in [2.24, 2.45) is 0 Å². The highest BCUT2D eigenvalue weighted by atomic mass is 127. The van der Waals surface area contributed by atoms with Gasteiger partial charge in [-0.25, -0.2) is 0 Å². The lowest BCUT2D eigenvalue weighted by Gasteiger charge is -2.19. The predicted molar refractivity (Wildman–Crippen MR) is 92.5 cm³/mol. The van der Waals surface area contributed by atoms with Gasteiger partial charge in [0.05, 0.1) is 0 Å². The second-order valence-electron chi connectivity index (χ2n) is 4.64. The third-order valence-electron chi connectivity index (χ3n) is 3.05. The summed E-state index contributed by atoms with van der Waals surface area (Å²) in [5.74, 6) is 1.20. The Hall–Kier alpha value is 0.260. The molecule has 0 spiro atoms. The minimum absolute atomic E-state index is 0.592. The predicted octanol–water partition coefficient (Wildman–Crippen LogP) is 4.34. The Morgan fingerprint density at radius 1 is 1.22 bits per heavy atom. The molecule has 18 heavy (non-hydrogen) atoms. The summed E-state index contributed by atoms with van der Waals surface area (Å²) in [5.41, 5.74) is 1.44. The summed E-state index contributed by atoms with van der Waals surface area (Å²) in [6.45, 7) is 7.82. The normalized spacial score (nSPS) is 14.4. The summed E-state index contributed by atoms with van der Waals surface area (Å²) in [7, 11) is 0. The molecule has 0 aliphatic rings. The minimum atomic E-state index is 0.592. The molecule has 1 nitrogen and oxygen atoms in total. The molecule has 0 saturated heterocycles. The summed E-state index contributed by atoms with van der Waals surface area (Å²) in [5, 5.41) is 4.37. The van der Waals surface area contributed by atoms with E-state index in [2.05, 4.69) is 84.7 Å². The molecule has 0 fully saturated rings. The van der Waals surface area contributed by atoms with Gasteiger partial charge in [0.15, 0.2) is 0 Å². The first kappa shape index (κ1) is 16.3. The summed E-state index contributed by atoms with van der Waals surface area (Å²) in [6, 6.07) is 9.48. The van der Waals surface area contributed by atoms with Gasteiger partial charge in [-0.15, -0.1) is 0 Å². The van der Waals surface area contributed by atoms with Crippen molar-refractivity contribution in [3.63, 3.8) is 0 Å². The van der Waals surface area contributed by atoms with Crippen LogP contribution >= 0.6 is 34.4 Å². The van der Waals surface area contributed by atoms with Gasteiger partial charge in [-0.1, -0.05) is 32.9 Å². The highest BCUT2D eigenvalue weighted by Gasteiger charge is 2.10. The molecular formula is C15H24INS. The SMILES string of the molecule is CCNC(CSC(C)CC)Cc1ccc(I)cc1. The number of benzene rings is 1.